The number of aromatic amines is 1. The molecule has 0 radical (unpaired) electrons. The molecule has 3 aromatic rings. The smallest absolute Gasteiger partial charge is 0.275 e. The number of carbonyl (C=O) groups is 1. The van der Waals surface area contributed by atoms with Gasteiger partial charge in [-0.3, -0.25) is 20.1 Å². The van der Waals surface area contributed by atoms with E-state index in [-0.39, 0.29) is 17.9 Å². The van der Waals surface area contributed by atoms with Gasteiger partial charge in [-0.2, -0.15) is 0 Å². The molecule has 0 bridgehead atoms. The molecule has 1 aromatic carbocycles. The molecule has 124 valence electrons. The maximum absolute atomic E-state index is 12.6. The number of amides is 1. The van der Waals surface area contributed by atoms with Gasteiger partial charge in [0.25, 0.3) is 5.56 Å². The first-order chi connectivity index (χ1) is 11.6. The third kappa shape index (κ3) is 2.93. The molecule has 0 unspecified atom stereocenters. The van der Waals surface area contributed by atoms with Crippen LogP contribution in [0.3, 0.4) is 0 Å². The standard InChI is InChI=1S/C17H19N5O2/c1-11-15(12-6-3-2-4-7-12)16-19-10-13(17(24)22(16)21-11)8-5-9-14(23)20-18/h2-4,6-7,10,21H,5,8-9,18H2,1H3,(H,20,23). The lowest BCUT2D eigenvalue weighted by molar-refractivity contribution is -0.121. The molecule has 2 heterocycles. The topological polar surface area (TPSA) is 105 Å². The summed E-state index contributed by atoms with van der Waals surface area (Å²) in [6.45, 7) is 1.92. The summed E-state index contributed by atoms with van der Waals surface area (Å²) < 4.78 is 1.47. The maximum Gasteiger partial charge on any atom is 0.275 e. The van der Waals surface area contributed by atoms with Gasteiger partial charge < -0.3 is 0 Å². The van der Waals surface area contributed by atoms with Crippen LogP contribution in [-0.4, -0.2) is 20.5 Å². The molecule has 7 nitrogen and oxygen atoms in total. The average molecular weight is 325 g/mol. The summed E-state index contributed by atoms with van der Waals surface area (Å²) in [6, 6.07) is 9.83. The number of nitrogens with one attached hydrogen (secondary N) is 2. The van der Waals surface area contributed by atoms with Crippen LogP contribution in [0.25, 0.3) is 16.8 Å². The molecule has 0 atom stereocenters. The Hall–Kier alpha value is -2.93. The minimum Gasteiger partial charge on any atom is -0.294 e. The second-order valence-electron chi connectivity index (χ2n) is 5.65. The zero-order chi connectivity index (χ0) is 17.1. The first-order valence-corrected chi connectivity index (χ1v) is 7.76. The van der Waals surface area contributed by atoms with Gasteiger partial charge in [0.1, 0.15) is 0 Å². The Balaban J connectivity index is 1.96. The van der Waals surface area contributed by atoms with Gasteiger partial charge in [-0.05, 0) is 25.3 Å². The third-order valence-electron chi connectivity index (χ3n) is 3.98. The van der Waals surface area contributed by atoms with Crippen LogP contribution in [0, 0.1) is 6.92 Å². The van der Waals surface area contributed by atoms with Gasteiger partial charge in [0.2, 0.25) is 5.91 Å². The first-order valence-electron chi connectivity index (χ1n) is 7.76. The van der Waals surface area contributed by atoms with Gasteiger partial charge in [0.05, 0.1) is 0 Å². The number of hydrogen-bond donors (Lipinski definition) is 3. The van der Waals surface area contributed by atoms with Crippen LogP contribution in [-0.2, 0) is 11.2 Å². The van der Waals surface area contributed by atoms with Crippen LogP contribution in [0.2, 0.25) is 0 Å². The van der Waals surface area contributed by atoms with Crippen molar-refractivity contribution in [3.8, 4) is 11.1 Å². The molecule has 0 aliphatic rings. The number of hydrogen-bond acceptors (Lipinski definition) is 4. The van der Waals surface area contributed by atoms with Crippen LogP contribution in [0.4, 0.5) is 0 Å². The number of rotatable bonds is 5. The lowest BCUT2D eigenvalue weighted by Gasteiger charge is -2.03. The highest BCUT2D eigenvalue weighted by Crippen LogP contribution is 2.25. The molecule has 0 aliphatic carbocycles. The van der Waals surface area contributed by atoms with E-state index in [0.717, 1.165) is 16.8 Å². The van der Waals surface area contributed by atoms with Gasteiger partial charge >= 0.3 is 0 Å². The Labute approximate surface area is 138 Å². The lowest BCUT2D eigenvalue weighted by Crippen LogP contribution is -2.30. The van der Waals surface area contributed by atoms with Gasteiger partial charge in [-0.25, -0.2) is 15.3 Å². The van der Waals surface area contributed by atoms with Crippen LogP contribution in [0.15, 0.2) is 41.3 Å². The molecule has 2 aromatic heterocycles. The van der Waals surface area contributed by atoms with E-state index in [9.17, 15) is 9.59 Å². The summed E-state index contributed by atoms with van der Waals surface area (Å²) in [6.07, 6.45) is 2.88. The van der Waals surface area contributed by atoms with Gasteiger partial charge in [-0.15, -0.1) is 0 Å². The van der Waals surface area contributed by atoms with E-state index < -0.39 is 0 Å². The molecule has 7 heteroatoms. The molecule has 0 fully saturated rings. The van der Waals surface area contributed by atoms with Crippen molar-refractivity contribution in [2.24, 2.45) is 5.84 Å². The highest BCUT2D eigenvalue weighted by Gasteiger charge is 2.15. The summed E-state index contributed by atoms with van der Waals surface area (Å²) in [7, 11) is 0. The van der Waals surface area contributed by atoms with Crippen molar-refractivity contribution in [3.63, 3.8) is 0 Å². The molecule has 1 amide bonds. The molecule has 24 heavy (non-hydrogen) atoms. The predicted octanol–water partition coefficient (Wildman–Crippen LogP) is 1.31. The Morgan fingerprint density at radius 2 is 2.08 bits per heavy atom. The molecule has 0 spiro atoms. The number of carbonyl (C=O) groups excluding carboxylic acids is 1. The first kappa shape index (κ1) is 15.9. The molecule has 0 saturated carbocycles. The number of benzene rings is 1. The number of aryl methyl sites for hydroxylation is 2. The number of hydrazine groups is 1. The van der Waals surface area contributed by atoms with Crippen molar-refractivity contribution in [2.45, 2.75) is 26.2 Å². The van der Waals surface area contributed by atoms with Crippen LogP contribution >= 0.6 is 0 Å². The molecular weight excluding hydrogens is 306 g/mol. The van der Waals surface area contributed by atoms with Crippen LogP contribution in [0.5, 0.6) is 0 Å². The molecule has 3 rings (SSSR count). The van der Waals surface area contributed by atoms with Crippen molar-refractivity contribution in [1.29, 1.82) is 0 Å². The molecular formula is C17H19N5O2. The van der Waals surface area contributed by atoms with Crippen molar-refractivity contribution in [1.82, 2.24) is 20.0 Å². The van der Waals surface area contributed by atoms with Gasteiger partial charge in [0.15, 0.2) is 5.65 Å². The normalized spacial score (nSPS) is 10.9. The van der Waals surface area contributed by atoms with E-state index in [1.165, 1.54) is 4.52 Å². The van der Waals surface area contributed by atoms with E-state index in [4.69, 9.17) is 5.84 Å². The SMILES string of the molecule is Cc1[nH]n2c(=O)c(CCCC(=O)NN)cnc2c1-c1ccccc1. The van der Waals surface area contributed by atoms with Crippen molar-refractivity contribution >= 4 is 11.6 Å². The summed E-state index contributed by atoms with van der Waals surface area (Å²) in [5.74, 6) is 4.80. The van der Waals surface area contributed by atoms with E-state index in [1.54, 1.807) is 6.20 Å². The minimum absolute atomic E-state index is 0.140. The summed E-state index contributed by atoms with van der Waals surface area (Å²) >= 11 is 0. The molecule has 0 saturated heterocycles. The minimum atomic E-state index is -0.244. The monoisotopic (exact) mass is 325 g/mol. The number of nitrogens with zero attached hydrogens (tertiary/aromatic N) is 2. The van der Waals surface area contributed by atoms with E-state index >= 15 is 0 Å². The van der Waals surface area contributed by atoms with E-state index in [1.807, 2.05) is 37.3 Å². The van der Waals surface area contributed by atoms with Gasteiger partial charge in [0, 0.05) is 29.4 Å². The number of nitrogens with two attached hydrogens (primary N) is 1. The third-order valence-corrected chi connectivity index (χ3v) is 3.98. The zero-order valence-corrected chi connectivity index (χ0v) is 13.4. The predicted molar refractivity (Wildman–Crippen MR) is 91.3 cm³/mol. The number of H-pyrrole nitrogens is 1. The molecule has 0 aliphatic heterocycles. The largest absolute Gasteiger partial charge is 0.294 e. The Morgan fingerprint density at radius 3 is 2.79 bits per heavy atom. The van der Waals surface area contributed by atoms with Crippen LogP contribution in [0.1, 0.15) is 24.1 Å². The fourth-order valence-electron chi connectivity index (χ4n) is 2.80. The lowest BCUT2D eigenvalue weighted by atomic mass is 10.1. The summed E-state index contributed by atoms with van der Waals surface area (Å²) in [5.41, 5.74) is 5.92. The van der Waals surface area contributed by atoms with Crippen LogP contribution < -0.4 is 16.8 Å². The second-order valence-corrected chi connectivity index (χ2v) is 5.65. The molecule has 4 N–H and O–H groups in total. The highest BCUT2D eigenvalue weighted by molar-refractivity contribution is 5.79. The number of aromatic nitrogens is 3. The fourth-order valence-corrected chi connectivity index (χ4v) is 2.80. The summed E-state index contributed by atoms with van der Waals surface area (Å²) in [4.78, 5) is 28.3. The Kier molecular flexibility index (Phi) is 4.43. The second kappa shape index (κ2) is 6.67. The van der Waals surface area contributed by atoms with Crippen molar-refractivity contribution < 1.29 is 4.79 Å². The summed E-state index contributed by atoms with van der Waals surface area (Å²) in [5, 5.41) is 3.09. The number of fused-ring (bicyclic) bond motifs is 1. The quantitative estimate of drug-likeness (QED) is 0.373. The van der Waals surface area contributed by atoms with E-state index in [0.29, 0.717) is 24.1 Å². The van der Waals surface area contributed by atoms with Gasteiger partial charge in [-0.1, -0.05) is 30.3 Å². The zero-order valence-electron chi connectivity index (χ0n) is 13.4. The maximum atomic E-state index is 12.6. The Bertz CT molecular complexity index is 927. The van der Waals surface area contributed by atoms with Crippen molar-refractivity contribution in [2.75, 3.05) is 0 Å². The fraction of sp³-hybridized carbons (Fsp3) is 0.235. The average Bonchev–Trinajstić information content (AvgIpc) is 2.94. The Morgan fingerprint density at radius 1 is 1.33 bits per heavy atom. The van der Waals surface area contributed by atoms with E-state index in [2.05, 4.69) is 15.5 Å². The van der Waals surface area contributed by atoms with Crippen molar-refractivity contribution in [3.05, 3.63) is 58.1 Å². The highest BCUT2D eigenvalue weighted by atomic mass is 16.2.